The van der Waals surface area contributed by atoms with Crippen LogP contribution in [0.1, 0.15) is 25.7 Å². The van der Waals surface area contributed by atoms with Crippen LogP contribution in [-0.2, 0) is 4.79 Å². The van der Waals surface area contributed by atoms with Crippen molar-refractivity contribution in [2.75, 3.05) is 13.1 Å². The quantitative estimate of drug-likeness (QED) is 0.737. The van der Waals surface area contributed by atoms with Crippen molar-refractivity contribution in [3.05, 3.63) is 0 Å². The second-order valence-electron chi connectivity index (χ2n) is 4.55. The Bertz CT molecular complexity index is 297. The molecule has 1 aliphatic heterocycles. The van der Waals surface area contributed by atoms with Crippen LogP contribution >= 0.6 is 0 Å². The van der Waals surface area contributed by atoms with Gasteiger partial charge >= 0.3 is 5.97 Å². The van der Waals surface area contributed by atoms with Gasteiger partial charge in [0.25, 0.3) is 0 Å². The molecule has 1 aliphatic carbocycles. The molecule has 82 valence electrons. The predicted molar refractivity (Wildman–Crippen MR) is 54.1 cm³/mol. The number of nitrogens with zero attached hydrogens (tertiary/aromatic N) is 2. The van der Waals surface area contributed by atoms with Crippen LogP contribution in [0.25, 0.3) is 0 Å². The van der Waals surface area contributed by atoms with Crippen LogP contribution in [0.4, 0.5) is 0 Å². The molecular weight excluding hydrogens is 192 g/mol. The molecule has 1 N–H and O–H groups in total. The summed E-state index contributed by atoms with van der Waals surface area (Å²) in [5.41, 5.74) is 0. The lowest BCUT2D eigenvalue weighted by Gasteiger charge is -2.44. The third-order valence-electron chi connectivity index (χ3n) is 3.66. The van der Waals surface area contributed by atoms with E-state index in [0.717, 1.165) is 38.8 Å². The SMILES string of the molecule is N#CC1CCCN(C2CCC2C(=O)O)C1. The van der Waals surface area contributed by atoms with Crippen LogP contribution in [0.2, 0.25) is 0 Å². The molecule has 0 radical (unpaired) electrons. The van der Waals surface area contributed by atoms with Crippen molar-refractivity contribution in [1.29, 1.82) is 5.26 Å². The lowest BCUT2D eigenvalue weighted by molar-refractivity contribution is -0.149. The van der Waals surface area contributed by atoms with Gasteiger partial charge in [0.05, 0.1) is 17.9 Å². The van der Waals surface area contributed by atoms with Gasteiger partial charge in [-0.1, -0.05) is 0 Å². The lowest BCUT2D eigenvalue weighted by atomic mass is 9.77. The molecule has 3 atom stereocenters. The molecule has 15 heavy (non-hydrogen) atoms. The van der Waals surface area contributed by atoms with Crippen LogP contribution in [0.5, 0.6) is 0 Å². The maximum absolute atomic E-state index is 10.9. The summed E-state index contributed by atoms with van der Waals surface area (Å²) in [5.74, 6) is -0.762. The Balaban J connectivity index is 1.94. The number of hydrogen-bond acceptors (Lipinski definition) is 3. The average molecular weight is 208 g/mol. The number of carboxylic acid groups (broad SMARTS) is 1. The Morgan fingerprint density at radius 2 is 2.20 bits per heavy atom. The second-order valence-corrected chi connectivity index (χ2v) is 4.55. The first-order chi connectivity index (χ1) is 7.22. The molecule has 0 amide bonds. The predicted octanol–water partition coefficient (Wildman–Crippen LogP) is 1.09. The van der Waals surface area contributed by atoms with Crippen molar-refractivity contribution in [3.8, 4) is 6.07 Å². The maximum Gasteiger partial charge on any atom is 0.308 e. The van der Waals surface area contributed by atoms with E-state index in [1.54, 1.807) is 0 Å². The fraction of sp³-hybridized carbons (Fsp3) is 0.818. The first kappa shape index (κ1) is 10.4. The zero-order valence-electron chi connectivity index (χ0n) is 8.72. The van der Waals surface area contributed by atoms with E-state index in [1.807, 2.05) is 0 Å². The molecule has 3 unspecified atom stereocenters. The Morgan fingerprint density at radius 3 is 2.73 bits per heavy atom. The van der Waals surface area contributed by atoms with E-state index in [9.17, 15) is 4.79 Å². The first-order valence-corrected chi connectivity index (χ1v) is 5.59. The molecule has 2 fully saturated rings. The summed E-state index contributed by atoms with van der Waals surface area (Å²) in [6, 6.07) is 2.49. The largest absolute Gasteiger partial charge is 0.481 e. The fourth-order valence-electron chi connectivity index (χ4n) is 2.62. The highest BCUT2D eigenvalue weighted by Crippen LogP contribution is 2.34. The topological polar surface area (TPSA) is 64.3 Å². The zero-order valence-corrected chi connectivity index (χ0v) is 8.72. The number of hydrogen-bond donors (Lipinski definition) is 1. The van der Waals surface area contributed by atoms with Crippen molar-refractivity contribution in [3.63, 3.8) is 0 Å². The standard InChI is InChI=1S/C11H16N2O2/c12-6-8-2-1-5-13(7-8)10-4-3-9(10)11(14)15/h8-10H,1-5,7H2,(H,14,15). The highest BCUT2D eigenvalue weighted by molar-refractivity contribution is 5.72. The summed E-state index contributed by atoms with van der Waals surface area (Å²) in [5, 5.41) is 17.8. The number of aliphatic carboxylic acids is 1. The summed E-state index contributed by atoms with van der Waals surface area (Å²) in [6.45, 7) is 1.73. The van der Waals surface area contributed by atoms with E-state index >= 15 is 0 Å². The highest BCUT2D eigenvalue weighted by Gasteiger charge is 2.41. The third-order valence-corrected chi connectivity index (χ3v) is 3.66. The molecule has 2 rings (SSSR count). The van der Waals surface area contributed by atoms with Gasteiger partial charge in [-0.3, -0.25) is 9.69 Å². The molecule has 0 aromatic heterocycles. The normalized spacial score (nSPS) is 36.6. The van der Waals surface area contributed by atoms with Gasteiger partial charge in [0, 0.05) is 12.6 Å². The summed E-state index contributed by atoms with van der Waals surface area (Å²) in [4.78, 5) is 13.1. The summed E-state index contributed by atoms with van der Waals surface area (Å²) in [7, 11) is 0. The Hall–Kier alpha value is -1.08. The molecule has 1 heterocycles. The van der Waals surface area contributed by atoms with Gasteiger partial charge in [-0.25, -0.2) is 0 Å². The van der Waals surface area contributed by atoms with E-state index in [1.165, 1.54) is 0 Å². The zero-order chi connectivity index (χ0) is 10.8. The van der Waals surface area contributed by atoms with Crippen LogP contribution in [0.15, 0.2) is 0 Å². The highest BCUT2D eigenvalue weighted by atomic mass is 16.4. The van der Waals surface area contributed by atoms with Gasteiger partial charge in [0.1, 0.15) is 0 Å². The number of likely N-dealkylation sites (tertiary alicyclic amines) is 1. The minimum absolute atomic E-state index is 0.105. The number of carboxylic acids is 1. The van der Waals surface area contributed by atoms with Gasteiger partial charge in [0.2, 0.25) is 0 Å². The van der Waals surface area contributed by atoms with Crippen LogP contribution < -0.4 is 0 Å². The van der Waals surface area contributed by atoms with Gasteiger partial charge in [-0.05, 0) is 32.2 Å². The van der Waals surface area contributed by atoms with Crippen molar-refractivity contribution in [1.82, 2.24) is 4.90 Å². The van der Waals surface area contributed by atoms with Crippen molar-refractivity contribution >= 4 is 5.97 Å². The van der Waals surface area contributed by atoms with Crippen molar-refractivity contribution in [2.45, 2.75) is 31.7 Å². The van der Waals surface area contributed by atoms with Crippen LogP contribution in [0.3, 0.4) is 0 Å². The second kappa shape index (κ2) is 4.19. The minimum Gasteiger partial charge on any atom is -0.481 e. The Morgan fingerprint density at radius 1 is 1.40 bits per heavy atom. The number of piperidine rings is 1. The van der Waals surface area contributed by atoms with E-state index < -0.39 is 5.97 Å². The van der Waals surface area contributed by atoms with Gasteiger partial charge in [0.15, 0.2) is 0 Å². The minimum atomic E-state index is -0.676. The van der Waals surface area contributed by atoms with Gasteiger partial charge < -0.3 is 5.11 Å². The monoisotopic (exact) mass is 208 g/mol. The van der Waals surface area contributed by atoms with Gasteiger partial charge in [-0.2, -0.15) is 5.26 Å². The molecule has 0 aromatic rings. The summed E-state index contributed by atoms with van der Waals surface area (Å²) in [6.07, 6.45) is 3.78. The van der Waals surface area contributed by atoms with Crippen LogP contribution in [-0.4, -0.2) is 35.1 Å². The Labute approximate surface area is 89.5 Å². The van der Waals surface area contributed by atoms with Gasteiger partial charge in [-0.15, -0.1) is 0 Å². The molecule has 1 saturated heterocycles. The molecular formula is C11H16N2O2. The van der Waals surface area contributed by atoms with Crippen LogP contribution in [0, 0.1) is 23.2 Å². The third kappa shape index (κ3) is 1.98. The van der Waals surface area contributed by atoms with Crippen molar-refractivity contribution in [2.24, 2.45) is 11.8 Å². The molecule has 0 bridgehead atoms. The molecule has 0 aromatic carbocycles. The summed E-state index contributed by atoms with van der Waals surface area (Å²) < 4.78 is 0. The molecule has 1 saturated carbocycles. The number of carbonyl (C=O) groups is 1. The first-order valence-electron chi connectivity index (χ1n) is 5.59. The molecule has 0 spiro atoms. The maximum atomic E-state index is 10.9. The Kier molecular flexibility index (Phi) is 2.92. The van der Waals surface area contributed by atoms with E-state index in [-0.39, 0.29) is 17.9 Å². The van der Waals surface area contributed by atoms with Crippen molar-refractivity contribution < 1.29 is 9.90 Å². The van der Waals surface area contributed by atoms with E-state index in [2.05, 4.69) is 11.0 Å². The van der Waals surface area contributed by atoms with E-state index in [0.29, 0.717) is 0 Å². The molecule has 2 aliphatic rings. The molecule has 4 heteroatoms. The number of rotatable bonds is 2. The number of nitriles is 1. The lowest BCUT2D eigenvalue weighted by Crippen LogP contribution is -2.53. The average Bonchev–Trinajstić information content (AvgIpc) is 2.15. The summed E-state index contributed by atoms with van der Waals surface area (Å²) >= 11 is 0. The fourth-order valence-corrected chi connectivity index (χ4v) is 2.62. The molecule has 4 nitrogen and oxygen atoms in total. The smallest absolute Gasteiger partial charge is 0.308 e. The van der Waals surface area contributed by atoms with E-state index in [4.69, 9.17) is 10.4 Å².